The van der Waals surface area contributed by atoms with Crippen LogP contribution in [-0.4, -0.2) is 47.1 Å². The number of carboxylic acids is 1. The van der Waals surface area contributed by atoms with Crippen molar-refractivity contribution >= 4 is 5.97 Å². The van der Waals surface area contributed by atoms with Gasteiger partial charge < -0.3 is 15.3 Å². The van der Waals surface area contributed by atoms with Crippen LogP contribution in [0.25, 0.3) is 0 Å². The Hall–Kier alpha value is -1.46. The average molecular weight is 265 g/mol. The lowest BCUT2D eigenvalue weighted by Gasteiger charge is -2.20. The molecule has 19 heavy (non-hydrogen) atoms. The van der Waals surface area contributed by atoms with Crippen molar-refractivity contribution in [3.63, 3.8) is 0 Å². The Labute approximate surface area is 114 Å². The Morgan fingerprint density at radius 3 is 2.89 bits per heavy atom. The molecule has 0 bridgehead atoms. The van der Waals surface area contributed by atoms with Crippen molar-refractivity contribution in [2.24, 2.45) is 0 Å². The van der Waals surface area contributed by atoms with E-state index in [2.05, 4.69) is 36.1 Å². The Bertz CT molecular complexity index is 407. The first-order valence-corrected chi connectivity index (χ1v) is 6.60. The second-order valence-corrected chi connectivity index (χ2v) is 4.91. The van der Waals surface area contributed by atoms with Crippen LogP contribution in [0.1, 0.15) is 36.3 Å². The molecule has 0 aliphatic carbocycles. The highest BCUT2D eigenvalue weighted by atomic mass is 16.4. The molecule has 5 heteroatoms. The van der Waals surface area contributed by atoms with E-state index in [4.69, 9.17) is 5.11 Å². The van der Waals surface area contributed by atoms with Crippen molar-refractivity contribution in [1.29, 1.82) is 0 Å². The summed E-state index contributed by atoms with van der Waals surface area (Å²) in [6, 6.07) is 3.78. The van der Waals surface area contributed by atoms with E-state index in [0.717, 1.165) is 19.5 Å². The monoisotopic (exact) mass is 265 g/mol. The van der Waals surface area contributed by atoms with Crippen LogP contribution >= 0.6 is 0 Å². The second kappa shape index (κ2) is 7.86. The van der Waals surface area contributed by atoms with Crippen LogP contribution in [0.15, 0.2) is 18.3 Å². The van der Waals surface area contributed by atoms with Gasteiger partial charge in [0, 0.05) is 18.8 Å². The van der Waals surface area contributed by atoms with E-state index in [1.807, 2.05) is 0 Å². The van der Waals surface area contributed by atoms with E-state index < -0.39 is 5.97 Å². The summed E-state index contributed by atoms with van der Waals surface area (Å²) in [6.07, 6.45) is 2.65. The highest BCUT2D eigenvalue weighted by Crippen LogP contribution is 2.04. The molecule has 1 heterocycles. The molecule has 0 amide bonds. The molecule has 1 aromatic heterocycles. The first-order valence-electron chi connectivity index (χ1n) is 6.60. The zero-order valence-electron chi connectivity index (χ0n) is 11.9. The highest BCUT2D eigenvalue weighted by Gasteiger charge is 2.09. The van der Waals surface area contributed by atoms with Crippen molar-refractivity contribution in [2.75, 3.05) is 20.1 Å². The molecule has 0 aliphatic rings. The summed E-state index contributed by atoms with van der Waals surface area (Å²) in [6.45, 7) is 6.71. The number of carbonyl (C=O) groups is 1. The Balaban J connectivity index is 2.32. The number of nitrogens with one attached hydrogen (secondary N) is 1. The molecule has 0 radical (unpaired) electrons. The van der Waals surface area contributed by atoms with Crippen LogP contribution in [0.4, 0.5) is 0 Å². The van der Waals surface area contributed by atoms with Crippen LogP contribution in [0.3, 0.4) is 0 Å². The van der Waals surface area contributed by atoms with Gasteiger partial charge in [-0.2, -0.15) is 0 Å². The maximum absolute atomic E-state index is 11.0. The van der Waals surface area contributed by atoms with Gasteiger partial charge in [0.25, 0.3) is 0 Å². The van der Waals surface area contributed by atoms with Crippen molar-refractivity contribution in [3.05, 3.63) is 29.6 Å². The van der Waals surface area contributed by atoms with E-state index in [1.54, 1.807) is 18.3 Å². The van der Waals surface area contributed by atoms with Crippen LogP contribution in [0, 0.1) is 0 Å². The van der Waals surface area contributed by atoms with Gasteiger partial charge in [-0.25, -0.2) is 4.79 Å². The van der Waals surface area contributed by atoms with Gasteiger partial charge >= 0.3 is 5.97 Å². The molecule has 106 valence electrons. The van der Waals surface area contributed by atoms with Gasteiger partial charge in [0.1, 0.15) is 0 Å². The Morgan fingerprint density at radius 1 is 1.53 bits per heavy atom. The minimum atomic E-state index is -0.926. The van der Waals surface area contributed by atoms with Gasteiger partial charge in [-0.15, -0.1) is 0 Å². The largest absolute Gasteiger partial charge is 0.478 e. The molecule has 0 aromatic carbocycles. The van der Waals surface area contributed by atoms with Crippen LogP contribution in [0.5, 0.6) is 0 Å². The normalized spacial score (nSPS) is 11.2. The lowest BCUT2D eigenvalue weighted by molar-refractivity contribution is 0.0695. The minimum absolute atomic E-state index is 0.272. The molecule has 5 nitrogen and oxygen atoms in total. The van der Waals surface area contributed by atoms with E-state index >= 15 is 0 Å². The number of nitrogens with zero attached hydrogens (tertiary/aromatic N) is 2. The standard InChI is InChI=1S/C14H23N3O2/c1-11(2)17(3)9-5-7-15-10-13-12(14(18)19)6-4-8-16-13/h4,6,8,11,15H,5,7,9-10H2,1-3H3,(H,18,19). The third-order valence-electron chi connectivity index (χ3n) is 3.16. The van der Waals surface area contributed by atoms with Crippen molar-refractivity contribution in [2.45, 2.75) is 32.9 Å². The summed E-state index contributed by atoms with van der Waals surface area (Å²) in [5.74, 6) is -0.926. The maximum Gasteiger partial charge on any atom is 0.337 e. The minimum Gasteiger partial charge on any atom is -0.478 e. The quantitative estimate of drug-likeness (QED) is 0.699. The number of pyridine rings is 1. The highest BCUT2D eigenvalue weighted by molar-refractivity contribution is 5.88. The van der Waals surface area contributed by atoms with Gasteiger partial charge in [0.15, 0.2) is 0 Å². The van der Waals surface area contributed by atoms with E-state index in [1.165, 1.54) is 0 Å². The van der Waals surface area contributed by atoms with Crippen LogP contribution < -0.4 is 5.32 Å². The molecular formula is C14H23N3O2. The molecule has 2 N–H and O–H groups in total. The number of rotatable bonds is 8. The van der Waals surface area contributed by atoms with Gasteiger partial charge in [0.05, 0.1) is 11.3 Å². The fraction of sp³-hybridized carbons (Fsp3) is 0.571. The Morgan fingerprint density at radius 2 is 2.26 bits per heavy atom. The molecule has 0 atom stereocenters. The molecule has 0 spiro atoms. The molecule has 0 unspecified atom stereocenters. The zero-order valence-corrected chi connectivity index (χ0v) is 11.9. The molecule has 0 fully saturated rings. The van der Waals surface area contributed by atoms with E-state index in [0.29, 0.717) is 18.3 Å². The van der Waals surface area contributed by atoms with Gasteiger partial charge in [-0.1, -0.05) is 0 Å². The summed E-state index contributed by atoms with van der Waals surface area (Å²) >= 11 is 0. The third-order valence-corrected chi connectivity index (χ3v) is 3.16. The summed E-state index contributed by atoms with van der Waals surface area (Å²) < 4.78 is 0. The lowest BCUT2D eigenvalue weighted by Crippen LogP contribution is -2.29. The first-order chi connectivity index (χ1) is 9.02. The number of aromatic nitrogens is 1. The van der Waals surface area contributed by atoms with Crippen LogP contribution in [-0.2, 0) is 6.54 Å². The fourth-order valence-corrected chi connectivity index (χ4v) is 1.69. The topological polar surface area (TPSA) is 65.5 Å². The van der Waals surface area contributed by atoms with Crippen LogP contribution in [0.2, 0.25) is 0 Å². The summed E-state index contributed by atoms with van der Waals surface area (Å²) in [7, 11) is 2.10. The number of hydrogen-bond acceptors (Lipinski definition) is 4. The predicted octanol–water partition coefficient (Wildman–Crippen LogP) is 1.60. The molecule has 1 rings (SSSR count). The fourth-order valence-electron chi connectivity index (χ4n) is 1.69. The van der Waals surface area contributed by atoms with Gasteiger partial charge in [-0.3, -0.25) is 4.98 Å². The predicted molar refractivity (Wildman–Crippen MR) is 75.3 cm³/mol. The van der Waals surface area contributed by atoms with Gasteiger partial charge in [-0.05, 0) is 52.5 Å². The average Bonchev–Trinajstić information content (AvgIpc) is 2.38. The van der Waals surface area contributed by atoms with Crippen molar-refractivity contribution < 1.29 is 9.90 Å². The Kier molecular flexibility index (Phi) is 6.45. The lowest BCUT2D eigenvalue weighted by atomic mass is 10.2. The SMILES string of the molecule is CC(C)N(C)CCCNCc1ncccc1C(=O)O. The van der Waals surface area contributed by atoms with E-state index in [-0.39, 0.29) is 5.56 Å². The molecule has 0 saturated carbocycles. The zero-order chi connectivity index (χ0) is 14.3. The smallest absolute Gasteiger partial charge is 0.337 e. The molecule has 1 aromatic rings. The molecule has 0 saturated heterocycles. The summed E-state index contributed by atoms with van der Waals surface area (Å²) in [5, 5.41) is 12.3. The second-order valence-electron chi connectivity index (χ2n) is 4.91. The van der Waals surface area contributed by atoms with Gasteiger partial charge in [0.2, 0.25) is 0 Å². The molecule has 0 aliphatic heterocycles. The number of carboxylic acid groups (broad SMARTS) is 1. The van der Waals surface area contributed by atoms with Crippen molar-refractivity contribution in [1.82, 2.24) is 15.2 Å². The van der Waals surface area contributed by atoms with E-state index in [9.17, 15) is 4.79 Å². The summed E-state index contributed by atoms with van der Waals surface area (Å²) in [4.78, 5) is 17.4. The maximum atomic E-state index is 11.0. The van der Waals surface area contributed by atoms with Crippen molar-refractivity contribution in [3.8, 4) is 0 Å². The number of aromatic carboxylic acids is 1. The third kappa shape index (κ3) is 5.36. The molecular weight excluding hydrogens is 242 g/mol. The summed E-state index contributed by atoms with van der Waals surface area (Å²) in [5.41, 5.74) is 0.863. The first kappa shape index (κ1) is 15.6. The number of hydrogen-bond donors (Lipinski definition) is 2.